The number of nitrogen functional groups attached to an aromatic ring is 1. The molecule has 150 valence electrons. The van der Waals surface area contributed by atoms with E-state index in [0.717, 1.165) is 5.56 Å². The predicted molar refractivity (Wildman–Crippen MR) is 107 cm³/mol. The fourth-order valence-electron chi connectivity index (χ4n) is 2.76. The van der Waals surface area contributed by atoms with Crippen LogP contribution in [-0.2, 0) is 11.2 Å². The fourth-order valence-corrected chi connectivity index (χ4v) is 2.76. The Bertz CT molecular complexity index is 878. The van der Waals surface area contributed by atoms with Gasteiger partial charge in [0, 0.05) is 37.3 Å². The number of nitrogens with two attached hydrogens (primary N) is 1. The van der Waals surface area contributed by atoms with Crippen LogP contribution in [0.5, 0.6) is 23.1 Å². The molecule has 8 nitrogen and oxygen atoms in total. The Morgan fingerprint density at radius 3 is 2.75 bits per heavy atom. The van der Waals surface area contributed by atoms with Crippen LogP contribution in [0.3, 0.4) is 0 Å². The Balaban J connectivity index is 0.00000136. The molecular weight excluding hydrogens is 360 g/mol. The van der Waals surface area contributed by atoms with Gasteiger partial charge in [0.15, 0.2) is 11.5 Å². The van der Waals surface area contributed by atoms with E-state index in [0.29, 0.717) is 60.7 Å². The molecule has 0 bridgehead atoms. The van der Waals surface area contributed by atoms with E-state index < -0.39 is 0 Å². The lowest BCUT2D eigenvalue weighted by Crippen LogP contribution is -2.12. The number of phenols is 1. The number of nitriles is 1. The van der Waals surface area contributed by atoms with Crippen LogP contribution in [0.25, 0.3) is 0 Å². The molecule has 4 N–H and O–H groups in total. The van der Waals surface area contributed by atoms with Gasteiger partial charge in [-0.05, 0) is 13.0 Å². The van der Waals surface area contributed by atoms with Crippen LogP contribution in [0, 0.1) is 11.3 Å². The summed E-state index contributed by atoms with van der Waals surface area (Å²) in [5.41, 5.74) is 8.09. The maximum Gasteiger partial charge on any atom is 0.226 e. The summed E-state index contributed by atoms with van der Waals surface area (Å²) in [6.07, 6.45) is 0.398. The highest BCUT2D eigenvalue weighted by Gasteiger charge is 2.26. The molecule has 2 aromatic rings. The van der Waals surface area contributed by atoms with Gasteiger partial charge in [-0.2, -0.15) is 10.2 Å². The molecule has 0 saturated carbocycles. The summed E-state index contributed by atoms with van der Waals surface area (Å²) in [5.74, 6) is 1.54. The lowest BCUT2D eigenvalue weighted by atomic mass is 9.98. The van der Waals surface area contributed by atoms with Crippen molar-refractivity contribution in [1.82, 2.24) is 4.98 Å². The summed E-state index contributed by atoms with van der Waals surface area (Å²) in [5, 5.41) is 22.4. The van der Waals surface area contributed by atoms with Gasteiger partial charge in [0.2, 0.25) is 5.88 Å². The third-order valence-corrected chi connectivity index (χ3v) is 4.06. The summed E-state index contributed by atoms with van der Waals surface area (Å²) >= 11 is 0. The van der Waals surface area contributed by atoms with E-state index in [1.807, 2.05) is 20.8 Å². The quantitative estimate of drug-likeness (QED) is 0.551. The average molecular weight is 386 g/mol. The number of ether oxygens (including phenoxy) is 3. The zero-order chi connectivity index (χ0) is 20.7. The van der Waals surface area contributed by atoms with E-state index in [9.17, 15) is 10.4 Å². The highest BCUT2D eigenvalue weighted by atomic mass is 16.5. The first-order valence-electron chi connectivity index (χ1n) is 9.23. The van der Waals surface area contributed by atoms with Crippen LogP contribution in [0.2, 0.25) is 0 Å². The molecule has 0 spiro atoms. The minimum absolute atomic E-state index is 0.00572. The maximum absolute atomic E-state index is 10.2. The number of phenolic OH excluding ortho intramolecular Hbond substituents is 1. The maximum atomic E-state index is 10.2. The van der Waals surface area contributed by atoms with Gasteiger partial charge in [0.25, 0.3) is 0 Å². The highest BCUT2D eigenvalue weighted by Crippen LogP contribution is 2.44. The van der Waals surface area contributed by atoms with Gasteiger partial charge in [0.05, 0.1) is 12.3 Å². The van der Waals surface area contributed by atoms with Crippen molar-refractivity contribution in [3.63, 3.8) is 0 Å². The summed E-state index contributed by atoms with van der Waals surface area (Å²) < 4.78 is 16.6. The monoisotopic (exact) mass is 386 g/mol. The highest BCUT2D eigenvalue weighted by molar-refractivity contribution is 5.73. The molecule has 2 heterocycles. The van der Waals surface area contributed by atoms with Crippen LogP contribution >= 0.6 is 0 Å². The second kappa shape index (κ2) is 9.67. The molecule has 0 atom stereocenters. The molecule has 1 aliphatic heterocycles. The predicted octanol–water partition coefficient (Wildman–Crippen LogP) is 3.42. The second-order valence-corrected chi connectivity index (χ2v) is 5.65. The molecule has 1 aromatic heterocycles. The normalized spacial score (nSPS) is 11.1. The number of fused-ring (bicyclic) bond motifs is 2. The Kier molecular flexibility index (Phi) is 7.29. The first-order valence-corrected chi connectivity index (χ1v) is 9.23. The molecular formula is C20H26N4O4. The molecule has 0 fully saturated rings. The van der Waals surface area contributed by atoms with E-state index in [2.05, 4.69) is 16.4 Å². The number of aromatic nitrogens is 1. The lowest BCUT2D eigenvalue weighted by molar-refractivity contribution is 0.109. The van der Waals surface area contributed by atoms with Crippen molar-refractivity contribution in [2.75, 3.05) is 37.9 Å². The van der Waals surface area contributed by atoms with E-state index in [4.69, 9.17) is 19.9 Å². The summed E-state index contributed by atoms with van der Waals surface area (Å²) in [7, 11) is 1.66. The molecule has 0 radical (unpaired) electrons. The number of anilines is 2. The molecule has 8 heteroatoms. The zero-order valence-corrected chi connectivity index (χ0v) is 16.6. The second-order valence-electron chi connectivity index (χ2n) is 5.65. The van der Waals surface area contributed by atoms with Crippen molar-refractivity contribution >= 4 is 11.5 Å². The van der Waals surface area contributed by atoms with Crippen LogP contribution in [0.4, 0.5) is 11.5 Å². The Labute approximate surface area is 164 Å². The number of pyridine rings is 1. The minimum atomic E-state index is 0.00572. The molecule has 28 heavy (non-hydrogen) atoms. The number of hydrogen-bond acceptors (Lipinski definition) is 8. The molecule has 0 unspecified atom stereocenters. The number of aromatic hydroxyl groups is 1. The van der Waals surface area contributed by atoms with E-state index in [1.54, 1.807) is 19.2 Å². The van der Waals surface area contributed by atoms with Gasteiger partial charge in [-0.1, -0.05) is 13.8 Å². The zero-order valence-electron chi connectivity index (χ0n) is 16.6. The lowest BCUT2D eigenvalue weighted by Gasteiger charge is -2.23. The van der Waals surface area contributed by atoms with Crippen molar-refractivity contribution in [3.05, 3.63) is 28.8 Å². The van der Waals surface area contributed by atoms with Gasteiger partial charge in [-0.25, -0.2) is 0 Å². The van der Waals surface area contributed by atoms with Gasteiger partial charge in [0.1, 0.15) is 29.8 Å². The number of benzene rings is 1. The molecule has 3 rings (SSSR count). The number of rotatable bonds is 6. The van der Waals surface area contributed by atoms with Crippen molar-refractivity contribution in [1.29, 1.82) is 5.26 Å². The summed E-state index contributed by atoms with van der Waals surface area (Å²) in [4.78, 5) is 4.34. The van der Waals surface area contributed by atoms with Crippen LogP contribution in [0.15, 0.2) is 12.1 Å². The van der Waals surface area contributed by atoms with E-state index in [-0.39, 0.29) is 11.3 Å². The molecule has 0 aliphatic carbocycles. The Hall–Kier alpha value is -3.18. The molecule has 0 saturated heterocycles. The summed E-state index contributed by atoms with van der Waals surface area (Å²) in [6, 6.07) is 5.25. The van der Waals surface area contributed by atoms with Crippen LogP contribution in [-0.4, -0.2) is 37.0 Å². The van der Waals surface area contributed by atoms with Crippen molar-refractivity contribution in [2.45, 2.75) is 27.2 Å². The Morgan fingerprint density at radius 2 is 2.11 bits per heavy atom. The largest absolute Gasteiger partial charge is 0.504 e. The van der Waals surface area contributed by atoms with Gasteiger partial charge < -0.3 is 30.4 Å². The first kappa shape index (κ1) is 21.1. The van der Waals surface area contributed by atoms with Gasteiger partial charge >= 0.3 is 0 Å². The van der Waals surface area contributed by atoms with Gasteiger partial charge in [-0.3, -0.25) is 0 Å². The van der Waals surface area contributed by atoms with Crippen molar-refractivity contribution in [3.8, 4) is 29.2 Å². The van der Waals surface area contributed by atoms with E-state index in [1.165, 1.54) is 0 Å². The van der Waals surface area contributed by atoms with Crippen molar-refractivity contribution in [2.24, 2.45) is 0 Å². The van der Waals surface area contributed by atoms with Crippen LogP contribution < -0.4 is 20.5 Å². The van der Waals surface area contributed by atoms with Crippen LogP contribution in [0.1, 0.15) is 37.5 Å². The fraction of sp³-hybridized carbons (Fsp3) is 0.400. The van der Waals surface area contributed by atoms with E-state index >= 15 is 0 Å². The number of nitrogens with one attached hydrogen (secondary N) is 1. The third kappa shape index (κ3) is 4.21. The SMILES string of the molecule is CC.CCOCCOc1cc2c(cc1O)Cc1c(nc(NC)c(C#N)c1N)O2. The first-order chi connectivity index (χ1) is 13.6. The average Bonchev–Trinajstić information content (AvgIpc) is 2.72. The standard InChI is InChI=1S/C18H20N4O4.C2H6/c1-3-24-4-5-25-15-8-14-10(7-13(15)23)6-11-16(20)12(9-19)17(21-2)22-18(11)26-14;1-2/h7-8,23H,3-6H2,1-2H3,(H3,20,21,22);1-2H3. The van der Waals surface area contributed by atoms with Gasteiger partial charge in [-0.15, -0.1) is 0 Å². The number of hydrogen-bond donors (Lipinski definition) is 3. The molecule has 0 amide bonds. The third-order valence-electron chi connectivity index (χ3n) is 4.06. The number of nitrogens with zero attached hydrogens (tertiary/aromatic N) is 2. The Morgan fingerprint density at radius 1 is 1.36 bits per heavy atom. The topological polar surface area (TPSA) is 123 Å². The molecule has 1 aliphatic rings. The minimum Gasteiger partial charge on any atom is -0.504 e. The van der Waals surface area contributed by atoms with Crippen molar-refractivity contribution < 1.29 is 19.3 Å². The smallest absolute Gasteiger partial charge is 0.226 e. The molecule has 1 aromatic carbocycles. The summed E-state index contributed by atoms with van der Waals surface area (Å²) in [6.45, 7) is 7.25.